The van der Waals surface area contributed by atoms with E-state index >= 15 is 0 Å². The van der Waals surface area contributed by atoms with Crippen molar-refractivity contribution in [3.05, 3.63) is 35.3 Å². The van der Waals surface area contributed by atoms with Gasteiger partial charge in [-0.05, 0) is 37.1 Å². The third kappa shape index (κ3) is 2.19. The van der Waals surface area contributed by atoms with Crippen LogP contribution in [0.1, 0.15) is 24.0 Å². The fourth-order valence-corrected chi connectivity index (χ4v) is 2.14. The zero-order valence-electron chi connectivity index (χ0n) is 11.7. The summed E-state index contributed by atoms with van der Waals surface area (Å²) in [4.78, 5) is 4.48. The largest absolute Gasteiger partial charge is 0.496 e. The maximum atomic E-state index is 9.27. The molecule has 0 amide bonds. The lowest BCUT2D eigenvalue weighted by Gasteiger charge is -2.08. The molecule has 0 saturated heterocycles. The molecule has 0 bridgehead atoms. The van der Waals surface area contributed by atoms with E-state index in [4.69, 9.17) is 4.74 Å². The van der Waals surface area contributed by atoms with Gasteiger partial charge in [-0.1, -0.05) is 6.92 Å². The number of ether oxygens (including phenoxy) is 1. The van der Waals surface area contributed by atoms with E-state index in [2.05, 4.69) is 18.0 Å². The molecule has 0 saturated carbocycles. The van der Waals surface area contributed by atoms with E-state index in [1.807, 2.05) is 36.7 Å². The maximum Gasteiger partial charge on any atom is 0.147 e. The highest BCUT2D eigenvalue weighted by atomic mass is 16.5. The summed E-state index contributed by atoms with van der Waals surface area (Å²) >= 11 is 0. The van der Waals surface area contributed by atoms with Gasteiger partial charge in [0.2, 0.25) is 0 Å². The second-order valence-electron chi connectivity index (χ2n) is 4.41. The molecule has 1 aromatic carbocycles. The van der Waals surface area contributed by atoms with Crippen LogP contribution < -0.4 is 4.74 Å². The van der Waals surface area contributed by atoms with Crippen LogP contribution >= 0.6 is 0 Å². The lowest BCUT2D eigenvalue weighted by Crippen LogP contribution is -1.95. The van der Waals surface area contributed by atoms with Gasteiger partial charge >= 0.3 is 0 Å². The third-order valence-corrected chi connectivity index (χ3v) is 3.36. The van der Waals surface area contributed by atoms with Gasteiger partial charge in [0.15, 0.2) is 0 Å². The third-order valence-electron chi connectivity index (χ3n) is 3.36. The van der Waals surface area contributed by atoms with Crippen LogP contribution in [0.15, 0.2) is 18.2 Å². The van der Waals surface area contributed by atoms with Gasteiger partial charge in [-0.15, -0.1) is 0 Å². The maximum absolute atomic E-state index is 9.27. The van der Waals surface area contributed by atoms with Crippen molar-refractivity contribution < 1.29 is 4.74 Å². The average molecular weight is 255 g/mol. The Labute approximate surface area is 113 Å². The molecular formula is C15H17N3O. The first-order valence-electron chi connectivity index (χ1n) is 6.23. The van der Waals surface area contributed by atoms with Crippen LogP contribution in [-0.4, -0.2) is 16.7 Å². The van der Waals surface area contributed by atoms with Crippen molar-refractivity contribution >= 4 is 0 Å². The average Bonchev–Trinajstić information content (AvgIpc) is 2.73. The molecule has 98 valence electrons. The first-order chi connectivity index (χ1) is 9.12. The van der Waals surface area contributed by atoms with Crippen LogP contribution in [0, 0.1) is 18.3 Å². The van der Waals surface area contributed by atoms with Crippen molar-refractivity contribution in [1.82, 2.24) is 9.55 Å². The van der Waals surface area contributed by atoms with Gasteiger partial charge in [-0.3, -0.25) is 0 Å². The Morgan fingerprint density at radius 1 is 1.42 bits per heavy atom. The van der Waals surface area contributed by atoms with Crippen molar-refractivity contribution in [2.24, 2.45) is 7.05 Å². The minimum atomic E-state index is 0.588. The molecule has 0 atom stereocenters. The Morgan fingerprint density at radius 3 is 2.74 bits per heavy atom. The Morgan fingerprint density at radius 2 is 2.16 bits per heavy atom. The topological polar surface area (TPSA) is 50.8 Å². The van der Waals surface area contributed by atoms with Crippen LogP contribution in [0.5, 0.6) is 5.75 Å². The van der Waals surface area contributed by atoms with E-state index in [0.29, 0.717) is 5.69 Å². The van der Waals surface area contributed by atoms with E-state index < -0.39 is 0 Å². The summed E-state index contributed by atoms with van der Waals surface area (Å²) in [5.41, 5.74) is 3.40. The lowest BCUT2D eigenvalue weighted by atomic mass is 10.0. The molecule has 0 aliphatic heterocycles. The van der Waals surface area contributed by atoms with Crippen molar-refractivity contribution in [1.29, 1.82) is 5.26 Å². The van der Waals surface area contributed by atoms with Crippen LogP contribution in [0.2, 0.25) is 0 Å². The Balaban J connectivity index is 2.60. The SMILES string of the molecule is CCc1cc(-c2nc(C)n(C)c2C#N)ccc1OC. The van der Waals surface area contributed by atoms with E-state index in [1.54, 1.807) is 7.11 Å². The van der Waals surface area contributed by atoms with Gasteiger partial charge in [0.05, 0.1) is 7.11 Å². The van der Waals surface area contributed by atoms with Gasteiger partial charge < -0.3 is 9.30 Å². The zero-order valence-corrected chi connectivity index (χ0v) is 11.7. The van der Waals surface area contributed by atoms with Crippen molar-refractivity contribution in [2.75, 3.05) is 7.11 Å². The highest BCUT2D eigenvalue weighted by Crippen LogP contribution is 2.28. The number of aromatic nitrogens is 2. The summed E-state index contributed by atoms with van der Waals surface area (Å²) in [6.45, 7) is 3.98. The van der Waals surface area contributed by atoms with Gasteiger partial charge in [-0.25, -0.2) is 4.98 Å². The summed E-state index contributed by atoms with van der Waals surface area (Å²) in [5, 5.41) is 9.27. The van der Waals surface area contributed by atoms with Crippen molar-refractivity contribution in [3.8, 4) is 23.1 Å². The fourth-order valence-electron chi connectivity index (χ4n) is 2.14. The predicted octanol–water partition coefficient (Wildman–Crippen LogP) is 2.84. The summed E-state index contributed by atoms with van der Waals surface area (Å²) in [6, 6.07) is 8.14. The highest BCUT2D eigenvalue weighted by Gasteiger charge is 2.15. The van der Waals surface area contributed by atoms with E-state index in [0.717, 1.165) is 34.8 Å². The van der Waals surface area contributed by atoms with Gasteiger partial charge in [0.1, 0.15) is 29.0 Å². The molecule has 1 aromatic heterocycles. The molecule has 19 heavy (non-hydrogen) atoms. The lowest BCUT2D eigenvalue weighted by molar-refractivity contribution is 0.410. The predicted molar refractivity (Wildman–Crippen MR) is 74.0 cm³/mol. The first-order valence-corrected chi connectivity index (χ1v) is 6.23. The van der Waals surface area contributed by atoms with Crippen LogP contribution in [-0.2, 0) is 13.5 Å². The summed E-state index contributed by atoms with van der Waals surface area (Å²) in [7, 11) is 3.52. The monoisotopic (exact) mass is 255 g/mol. The van der Waals surface area contributed by atoms with Crippen molar-refractivity contribution in [3.63, 3.8) is 0 Å². The minimum absolute atomic E-state index is 0.588. The number of aryl methyl sites for hydroxylation is 2. The molecule has 0 unspecified atom stereocenters. The number of nitrogens with zero attached hydrogens (tertiary/aromatic N) is 3. The van der Waals surface area contributed by atoms with Gasteiger partial charge in [-0.2, -0.15) is 5.26 Å². The van der Waals surface area contributed by atoms with Gasteiger partial charge in [0.25, 0.3) is 0 Å². The molecule has 2 aromatic rings. The molecule has 4 nitrogen and oxygen atoms in total. The van der Waals surface area contributed by atoms with Crippen LogP contribution in [0.4, 0.5) is 0 Å². The fraction of sp³-hybridized carbons (Fsp3) is 0.333. The van der Waals surface area contributed by atoms with Crippen LogP contribution in [0.3, 0.4) is 0 Å². The van der Waals surface area contributed by atoms with Gasteiger partial charge in [0, 0.05) is 12.6 Å². The Kier molecular flexibility index (Phi) is 3.57. The smallest absolute Gasteiger partial charge is 0.147 e. The molecular weight excluding hydrogens is 238 g/mol. The quantitative estimate of drug-likeness (QED) is 0.847. The minimum Gasteiger partial charge on any atom is -0.496 e. The highest BCUT2D eigenvalue weighted by molar-refractivity contribution is 5.67. The molecule has 0 radical (unpaired) electrons. The number of hydrogen-bond acceptors (Lipinski definition) is 3. The molecule has 0 aliphatic carbocycles. The molecule has 0 fully saturated rings. The number of imidazole rings is 1. The number of rotatable bonds is 3. The Bertz CT molecular complexity index is 650. The number of benzene rings is 1. The van der Waals surface area contributed by atoms with Crippen molar-refractivity contribution in [2.45, 2.75) is 20.3 Å². The molecule has 1 heterocycles. The normalized spacial score (nSPS) is 10.3. The summed E-state index contributed by atoms with van der Waals surface area (Å²) in [5.74, 6) is 1.71. The van der Waals surface area contributed by atoms with E-state index in [-0.39, 0.29) is 0 Å². The number of nitriles is 1. The second-order valence-corrected chi connectivity index (χ2v) is 4.41. The summed E-state index contributed by atoms with van der Waals surface area (Å²) in [6.07, 6.45) is 0.880. The molecule has 2 rings (SSSR count). The number of hydrogen-bond donors (Lipinski definition) is 0. The first kappa shape index (κ1) is 13.2. The molecule has 4 heteroatoms. The zero-order chi connectivity index (χ0) is 14.0. The van der Waals surface area contributed by atoms with E-state index in [1.165, 1.54) is 0 Å². The molecule has 0 N–H and O–H groups in total. The summed E-state index contributed by atoms with van der Waals surface area (Å²) < 4.78 is 7.13. The van der Waals surface area contributed by atoms with E-state index in [9.17, 15) is 5.26 Å². The number of methoxy groups -OCH3 is 1. The second kappa shape index (κ2) is 5.15. The Hall–Kier alpha value is -2.28. The molecule has 0 spiro atoms. The van der Waals surface area contributed by atoms with Crippen LogP contribution in [0.25, 0.3) is 11.3 Å². The molecule has 0 aliphatic rings. The standard InChI is InChI=1S/C15H17N3O/c1-5-11-8-12(6-7-14(11)19-4)15-13(9-16)18(3)10(2)17-15/h6-8H,5H2,1-4H3.